The second-order valence-corrected chi connectivity index (χ2v) is 3.92. The Bertz CT molecular complexity index is 730. The molecule has 2 heterocycles. The average Bonchev–Trinajstić information content (AvgIpc) is 2.73. The third-order valence-corrected chi connectivity index (χ3v) is 2.66. The van der Waals surface area contributed by atoms with Gasteiger partial charge >= 0.3 is 6.29 Å². The van der Waals surface area contributed by atoms with Crippen molar-refractivity contribution >= 4 is 0 Å². The molecule has 0 bridgehead atoms. The summed E-state index contributed by atoms with van der Waals surface area (Å²) < 4.78 is 41.1. The summed E-state index contributed by atoms with van der Waals surface area (Å²) >= 11 is 0. The molecule has 0 fully saturated rings. The third-order valence-electron chi connectivity index (χ3n) is 2.66. The lowest BCUT2D eigenvalue weighted by Gasteiger charge is -2.09. The van der Waals surface area contributed by atoms with Crippen LogP contribution in [0.1, 0.15) is 0 Å². The zero-order valence-electron chi connectivity index (χ0n) is 10.2. The highest BCUT2D eigenvalue weighted by Crippen LogP contribution is 2.44. The van der Waals surface area contributed by atoms with Crippen LogP contribution in [0.2, 0.25) is 0 Å². The molecule has 104 valence electrons. The molecule has 2 aromatic rings. The molecule has 3 rings (SSSR count). The Morgan fingerprint density at radius 1 is 1.35 bits per heavy atom. The summed E-state index contributed by atoms with van der Waals surface area (Å²) in [5.74, 6) is -0.231. The van der Waals surface area contributed by atoms with Crippen LogP contribution < -0.4 is 19.6 Å². The molecule has 1 aliphatic heterocycles. The number of benzene rings is 1. The minimum Gasteiger partial charge on any atom is -0.491 e. The summed E-state index contributed by atoms with van der Waals surface area (Å²) in [5.41, 5.74) is -0.211. The topological polar surface area (TPSA) is 62.6 Å². The van der Waals surface area contributed by atoms with E-state index >= 15 is 0 Å². The fourth-order valence-corrected chi connectivity index (χ4v) is 1.81. The maximum absolute atomic E-state index is 13.1. The molecule has 0 atom stereocenters. The molecule has 0 N–H and O–H groups in total. The van der Waals surface area contributed by atoms with Crippen molar-refractivity contribution in [3.63, 3.8) is 0 Å². The Labute approximate surface area is 111 Å². The van der Waals surface area contributed by atoms with E-state index in [0.717, 1.165) is 6.20 Å². The Hall–Kier alpha value is -2.64. The summed E-state index contributed by atoms with van der Waals surface area (Å²) in [4.78, 5) is 11.4. The van der Waals surface area contributed by atoms with E-state index in [9.17, 15) is 13.6 Å². The Morgan fingerprint density at radius 2 is 2.15 bits per heavy atom. The van der Waals surface area contributed by atoms with Gasteiger partial charge in [0.25, 0.3) is 0 Å². The van der Waals surface area contributed by atoms with Crippen molar-refractivity contribution in [3.05, 3.63) is 40.8 Å². The van der Waals surface area contributed by atoms with Crippen molar-refractivity contribution in [1.82, 2.24) is 9.78 Å². The van der Waals surface area contributed by atoms with E-state index in [0.29, 0.717) is 0 Å². The van der Waals surface area contributed by atoms with Crippen molar-refractivity contribution in [2.45, 2.75) is 6.29 Å². The molecule has 8 heteroatoms. The minimum atomic E-state index is -3.72. The SMILES string of the molecule is COc1cn(-c2cccc3c2OC(F)(F)O3)ncc1=O. The summed E-state index contributed by atoms with van der Waals surface area (Å²) in [6.45, 7) is 0. The van der Waals surface area contributed by atoms with E-state index < -0.39 is 11.7 Å². The van der Waals surface area contributed by atoms with Gasteiger partial charge in [0, 0.05) is 0 Å². The van der Waals surface area contributed by atoms with Crippen molar-refractivity contribution in [3.8, 4) is 22.9 Å². The number of para-hydroxylation sites is 1. The molecule has 0 radical (unpaired) electrons. The first-order valence-corrected chi connectivity index (χ1v) is 5.52. The maximum atomic E-state index is 13.1. The molecular formula is C12H8F2N2O4. The van der Waals surface area contributed by atoms with E-state index in [1.807, 2.05) is 0 Å². The highest BCUT2D eigenvalue weighted by molar-refractivity contribution is 5.57. The van der Waals surface area contributed by atoms with Crippen LogP contribution in [0.5, 0.6) is 17.2 Å². The minimum absolute atomic E-state index is 0.0308. The molecule has 0 spiro atoms. The first-order chi connectivity index (χ1) is 9.50. The fourth-order valence-electron chi connectivity index (χ4n) is 1.81. The first kappa shape index (κ1) is 12.4. The molecule has 1 aliphatic rings. The van der Waals surface area contributed by atoms with Crippen LogP contribution >= 0.6 is 0 Å². The van der Waals surface area contributed by atoms with Gasteiger partial charge in [-0.2, -0.15) is 5.10 Å². The predicted molar refractivity (Wildman–Crippen MR) is 62.6 cm³/mol. The van der Waals surface area contributed by atoms with Gasteiger partial charge in [-0.15, -0.1) is 8.78 Å². The van der Waals surface area contributed by atoms with E-state index in [1.165, 1.54) is 36.2 Å². The van der Waals surface area contributed by atoms with Gasteiger partial charge in [0.2, 0.25) is 5.43 Å². The first-order valence-electron chi connectivity index (χ1n) is 5.52. The van der Waals surface area contributed by atoms with Crippen molar-refractivity contribution in [2.75, 3.05) is 7.11 Å². The second kappa shape index (κ2) is 4.19. The van der Waals surface area contributed by atoms with Crippen LogP contribution in [0.4, 0.5) is 8.78 Å². The van der Waals surface area contributed by atoms with Gasteiger partial charge < -0.3 is 14.2 Å². The zero-order chi connectivity index (χ0) is 14.3. The van der Waals surface area contributed by atoms with Gasteiger partial charge in [0.15, 0.2) is 17.2 Å². The zero-order valence-corrected chi connectivity index (χ0v) is 10.2. The number of halogens is 2. The number of nitrogens with zero attached hydrogens (tertiary/aromatic N) is 2. The van der Waals surface area contributed by atoms with Crippen molar-refractivity contribution < 1.29 is 23.0 Å². The number of fused-ring (bicyclic) bond motifs is 1. The van der Waals surface area contributed by atoms with Crippen LogP contribution in [0.15, 0.2) is 35.4 Å². The highest BCUT2D eigenvalue weighted by Gasteiger charge is 2.44. The number of hydrogen-bond acceptors (Lipinski definition) is 5. The highest BCUT2D eigenvalue weighted by atomic mass is 19.3. The number of alkyl halides is 2. The molecule has 0 aliphatic carbocycles. The summed E-state index contributed by atoms with van der Waals surface area (Å²) in [6.07, 6.45) is -1.43. The monoisotopic (exact) mass is 282 g/mol. The average molecular weight is 282 g/mol. The van der Waals surface area contributed by atoms with E-state index in [-0.39, 0.29) is 22.9 Å². The van der Waals surface area contributed by atoms with Crippen LogP contribution in [0, 0.1) is 0 Å². The van der Waals surface area contributed by atoms with Crippen LogP contribution in [-0.2, 0) is 0 Å². The summed E-state index contributed by atoms with van der Waals surface area (Å²) in [6, 6.07) is 4.35. The molecular weight excluding hydrogens is 274 g/mol. The molecule has 0 saturated carbocycles. The molecule has 0 unspecified atom stereocenters. The molecule has 1 aromatic carbocycles. The normalized spacial score (nSPS) is 15.2. The number of ether oxygens (including phenoxy) is 3. The molecule has 0 amide bonds. The predicted octanol–water partition coefficient (Wildman–Crippen LogP) is 1.56. The smallest absolute Gasteiger partial charge is 0.491 e. The molecule has 6 nitrogen and oxygen atoms in total. The van der Waals surface area contributed by atoms with E-state index in [1.54, 1.807) is 0 Å². The van der Waals surface area contributed by atoms with Crippen molar-refractivity contribution in [1.29, 1.82) is 0 Å². The van der Waals surface area contributed by atoms with Crippen LogP contribution in [-0.4, -0.2) is 23.2 Å². The lowest BCUT2D eigenvalue weighted by atomic mass is 10.2. The van der Waals surface area contributed by atoms with Gasteiger partial charge in [-0.05, 0) is 12.1 Å². The number of methoxy groups -OCH3 is 1. The summed E-state index contributed by atoms with van der Waals surface area (Å²) in [5, 5.41) is 3.83. The number of rotatable bonds is 2. The Balaban J connectivity index is 2.14. The maximum Gasteiger partial charge on any atom is 0.586 e. The lowest BCUT2D eigenvalue weighted by molar-refractivity contribution is -0.286. The molecule has 1 aromatic heterocycles. The molecule has 0 saturated heterocycles. The quantitative estimate of drug-likeness (QED) is 0.836. The lowest BCUT2D eigenvalue weighted by Crippen LogP contribution is -2.26. The number of hydrogen-bond donors (Lipinski definition) is 0. The van der Waals surface area contributed by atoms with Gasteiger partial charge in [-0.3, -0.25) is 4.79 Å². The van der Waals surface area contributed by atoms with Gasteiger partial charge in [-0.1, -0.05) is 6.07 Å². The second-order valence-electron chi connectivity index (χ2n) is 3.92. The van der Waals surface area contributed by atoms with E-state index in [2.05, 4.69) is 14.6 Å². The largest absolute Gasteiger partial charge is 0.586 e. The van der Waals surface area contributed by atoms with Gasteiger partial charge in [-0.25, -0.2) is 4.68 Å². The van der Waals surface area contributed by atoms with Crippen molar-refractivity contribution in [2.24, 2.45) is 0 Å². The number of aromatic nitrogens is 2. The Morgan fingerprint density at radius 3 is 2.90 bits per heavy atom. The van der Waals surface area contributed by atoms with Gasteiger partial charge in [0.05, 0.1) is 19.5 Å². The van der Waals surface area contributed by atoms with Crippen LogP contribution in [0.3, 0.4) is 0 Å². The molecule has 20 heavy (non-hydrogen) atoms. The fraction of sp³-hybridized carbons (Fsp3) is 0.167. The van der Waals surface area contributed by atoms with Crippen LogP contribution in [0.25, 0.3) is 5.69 Å². The van der Waals surface area contributed by atoms with E-state index in [4.69, 9.17) is 4.74 Å². The van der Waals surface area contributed by atoms with Gasteiger partial charge in [0.1, 0.15) is 5.69 Å². The summed E-state index contributed by atoms with van der Waals surface area (Å²) in [7, 11) is 1.32. The third kappa shape index (κ3) is 1.94. The Kier molecular flexibility index (Phi) is 2.60. The standard InChI is InChI=1S/C12H8F2N2O4/c1-18-10-6-16(15-5-8(10)17)7-3-2-4-9-11(7)20-12(13,14)19-9/h2-6H,1H3.